The molecule has 0 radical (unpaired) electrons. The van der Waals surface area contributed by atoms with Crippen LogP contribution in [-0.2, 0) is 9.53 Å². The van der Waals surface area contributed by atoms with E-state index < -0.39 is 17.7 Å². The fraction of sp³-hybridized carbons (Fsp3) is 0.500. The third kappa shape index (κ3) is 4.17. The van der Waals surface area contributed by atoms with Gasteiger partial charge in [0.05, 0.1) is 0 Å². The van der Waals surface area contributed by atoms with Crippen LogP contribution in [0.15, 0.2) is 22.8 Å². The Balaban J connectivity index is 1.96. The van der Waals surface area contributed by atoms with Crippen LogP contribution in [-0.4, -0.2) is 40.1 Å². The first-order valence-electron chi connectivity index (χ1n) is 6.69. The van der Waals surface area contributed by atoms with E-state index in [1.807, 2.05) is 0 Å². The van der Waals surface area contributed by atoms with Crippen LogP contribution in [0.5, 0.6) is 0 Å². The van der Waals surface area contributed by atoms with Crippen molar-refractivity contribution >= 4 is 33.7 Å². The zero-order valence-corrected chi connectivity index (χ0v) is 13.8. The molecule has 0 spiro atoms. The van der Waals surface area contributed by atoms with Gasteiger partial charge in [0.2, 0.25) is 5.91 Å². The van der Waals surface area contributed by atoms with E-state index in [9.17, 15) is 9.59 Å². The summed E-state index contributed by atoms with van der Waals surface area (Å²) in [5, 5.41) is 2.70. The number of carbonyl (C=O) groups excluding carboxylic acids is 2. The number of nitrogens with zero attached hydrogens (tertiary/aromatic N) is 2. The van der Waals surface area contributed by atoms with Gasteiger partial charge in [0.1, 0.15) is 22.1 Å². The number of pyridine rings is 1. The van der Waals surface area contributed by atoms with Crippen molar-refractivity contribution in [3.63, 3.8) is 0 Å². The minimum atomic E-state index is -0.570. The number of likely N-dealkylation sites (tertiary alicyclic amines) is 1. The first-order valence-corrected chi connectivity index (χ1v) is 7.48. The van der Waals surface area contributed by atoms with Gasteiger partial charge in [0.25, 0.3) is 0 Å². The van der Waals surface area contributed by atoms with Crippen molar-refractivity contribution in [1.29, 1.82) is 0 Å². The average molecular weight is 356 g/mol. The van der Waals surface area contributed by atoms with Crippen molar-refractivity contribution in [3.8, 4) is 0 Å². The summed E-state index contributed by atoms with van der Waals surface area (Å²) in [5.74, 6) is 0.197. The fourth-order valence-electron chi connectivity index (χ4n) is 1.89. The first kappa shape index (κ1) is 15.8. The molecule has 1 aliphatic heterocycles. The Bertz CT molecular complexity index is 557. The number of aromatic nitrogens is 1. The van der Waals surface area contributed by atoms with Crippen molar-refractivity contribution in [3.05, 3.63) is 22.8 Å². The summed E-state index contributed by atoms with van der Waals surface area (Å²) in [6, 6.07) is 4.74. The molecule has 1 N–H and O–H groups in total. The van der Waals surface area contributed by atoms with Crippen molar-refractivity contribution in [1.82, 2.24) is 9.88 Å². The lowest BCUT2D eigenvalue weighted by Crippen LogP contribution is -2.57. The predicted octanol–water partition coefficient (Wildman–Crippen LogP) is 2.79. The van der Waals surface area contributed by atoms with E-state index >= 15 is 0 Å². The summed E-state index contributed by atoms with van der Waals surface area (Å²) >= 11 is 3.24. The van der Waals surface area contributed by atoms with Crippen LogP contribution in [0.25, 0.3) is 0 Å². The monoisotopic (exact) mass is 355 g/mol. The molecule has 1 aromatic heterocycles. The minimum absolute atomic E-state index is 0.252. The molecule has 114 valence electrons. The Kier molecular flexibility index (Phi) is 4.51. The van der Waals surface area contributed by atoms with Gasteiger partial charge in [-0.15, -0.1) is 0 Å². The van der Waals surface area contributed by atoms with Crippen LogP contribution in [0.2, 0.25) is 0 Å². The third-order valence-electron chi connectivity index (χ3n) is 2.92. The van der Waals surface area contributed by atoms with Gasteiger partial charge < -0.3 is 10.1 Å². The molecule has 6 nitrogen and oxygen atoms in total. The highest BCUT2D eigenvalue weighted by atomic mass is 79.9. The molecule has 2 amide bonds. The van der Waals surface area contributed by atoms with Crippen molar-refractivity contribution in [2.45, 2.75) is 38.8 Å². The number of carbonyl (C=O) groups is 2. The number of hydrogen-bond acceptors (Lipinski definition) is 4. The summed E-state index contributed by atoms with van der Waals surface area (Å²) in [6.45, 7) is 5.92. The Morgan fingerprint density at radius 3 is 2.67 bits per heavy atom. The topological polar surface area (TPSA) is 71.5 Å². The second-order valence-electron chi connectivity index (χ2n) is 5.81. The zero-order valence-electron chi connectivity index (χ0n) is 12.2. The van der Waals surface area contributed by atoms with Gasteiger partial charge in [-0.2, -0.15) is 0 Å². The van der Waals surface area contributed by atoms with Crippen LogP contribution in [0, 0.1) is 0 Å². The number of ether oxygens (including phenoxy) is 1. The van der Waals surface area contributed by atoms with Gasteiger partial charge >= 0.3 is 6.09 Å². The van der Waals surface area contributed by atoms with Gasteiger partial charge in [0, 0.05) is 6.54 Å². The van der Waals surface area contributed by atoms with Crippen LogP contribution in [0.1, 0.15) is 27.2 Å². The standard InChI is InChI=1S/C14H18BrN3O3/c1-14(2,3)21-13(20)18-8-7-9(18)12(19)17-11-6-4-5-10(15)16-11/h4-6,9H,7-8H2,1-3H3,(H,16,17,19)/t9-/m0/s1. The molecule has 2 rings (SSSR count). The highest BCUT2D eigenvalue weighted by Gasteiger charge is 2.39. The van der Waals surface area contributed by atoms with E-state index in [0.717, 1.165) is 0 Å². The molecule has 1 aromatic rings. The molecule has 0 aromatic carbocycles. The highest BCUT2D eigenvalue weighted by Crippen LogP contribution is 2.22. The zero-order chi connectivity index (χ0) is 15.6. The maximum absolute atomic E-state index is 12.2. The molecular weight excluding hydrogens is 338 g/mol. The number of hydrogen-bond donors (Lipinski definition) is 1. The lowest BCUT2D eigenvalue weighted by Gasteiger charge is -2.40. The number of rotatable bonds is 2. The normalized spacial score (nSPS) is 17.9. The fourth-order valence-corrected chi connectivity index (χ4v) is 2.23. The van der Waals surface area contributed by atoms with E-state index in [1.54, 1.807) is 39.0 Å². The van der Waals surface area contributed by atoms with Gasteiger partial charge in [-0.3, -0.25) is 9.69 Å². The molecule has 0 saturated carbocycles. The van der Waals surface area contributed by atoms with Gasteiger partial charge in [-0.1, -0.05) is 6.07 Å². The van der Waals surface area contributed by atoms with E-state index in [1.165, 1.54) is 4.90 Å². The van der Waals surface area contributed by atoms with Gasteiger partial charge in [-0.25, -0.2) is 9.78 Å². The van der Waals surface area contributed by atoms with Crippen LogP contribution in [0.3, 0.4) is 0 Å². The van der Waals surface area contributed by atoms with E-state index in [0.29, 0.717) is 23.4 Å². The average Bonchev–Trinajstić information content (AvgIpc) is 2.23. The Hall–Kier alpha value is -1.63. The second kappa shape index (κ2) is 6.01. The molecule has 1 atom stereocenters. The summed E-state index contributed by atoms with van der Waals surface area (Å²) in [7, 11) is 0. The molecule has 2 heterocycles. The van der Waals surface area contributed by atoms with E-state index in [2.05, 4.69) is 26.2 Å². The van der Waals surface area contributed by atoms with Gasteiger partial charge in [-0.05, 0) is 55.3 Å². The Morgan fingerprint density at radius 1 is 1.43 bits per heavy atom. The second-order valence-corrected chi connectivity index (χ2v) is 6.63. The van der Waals surface area contributed by atoms with Gasteiger partial charge in [0.15, 0.2) is 0 Å². The summed E-state index contributed by atoms with van der Waals surface area (Å²) in [5.41, 5.74) is -0.570. The van der Waals surface area contributed by atoms with E-state index in [4.69, 9.17) is 4.74 Å². The maximum atomic E-state index is 12.2. The number of amides is 2. The lowest BCUT2D eigenvalue weighted by atomic mass is 10.0. The van der Waals surface area contributed by atoms with Crippen molar-refractivity contribution in [2.24, 2.45) is 0 Å². The Labute approximate surface area is 132 Å². The predicted molar refractivity (Wildman–Crippen MR) is 81.9 cm³/mol. The molecule has 21 heavy (non-hydrogen) atoms. The van der Waals surface area contributed by atoms with E-state index in [-0.39, 0.29) is 5.91 Å². The number of halogens is 1. The summed E-state index contributed by atoms with van der Waals surface area (Å²) < 4.78 is 5.91. The maximum Gasteiger partial charge on any atom is 0.410 e. The number of anilines is 1. The van der Waals surface area contributed by atoms with Crippen LogP contribution in [0.4, 0.5) is 10.6 Å². The molecule has 0 unspecified atom stereocenters. The van der Waals surface area contributed by atoms with Crippen molar-refractivity contribution < 1.29 is 14.3 Å². The van der Waals surface area contributed by atoms with Crippen molar-refractivity contribution in [2.75, 3.05) is 11.9 Å². The molecule has 0 bridgehead atoms. The SMILES string of the molecule is CC(C)(C)OC(=O)N1CC[C@H]1C(=O)Nc1cccc(Br)n1. The summed E-state index contributed by atoms with van der Waals surface area (Å²) in [4.78, 5) is 29.7. The first-order chi connectivity index (χ1) is 9.76. The highest BCUT2D eigenvalue weighted by molar-refractivity contribution is 9.10. The third-order valence-corrected chi connectivity index (χ3v) is 3.36. The molecule has 7 heteroatoms. The molecule has 1 saturated heterocycles. The molecule has 1 aliphatic rings. The number of nitrogens with one attached hydrogen (secondary N) is 1. The smallest absolute Gasteiger partial charge is 0.410 e. The lowest BCUT2D eigenvalue weighted by molar-refractivity contribution is -0.125. The molecule has 0 aliphatic carbocycles. The quantitative estimate of drug-likeness (QED) is 0.828. The minimum Gasteiger partial charge on any atom is -0.444 e. The largest absolute Gasteiger partial charge is 0.444 e. The van der Waals surface area contributed by atoms with Crippen LogP contribution >= 0.6 is 15.9 Å². The summed E-state index contributed by atoms with van der Waals surface area (Å²) in [6.07, 6.45) is 0.162. The molecular formula is C14H18BrN3O3. The Morgan fingerprint density at radius 2 is 2.14 bits per heavy atom. The molecule has 1 fully saturated rings. The van der Waals surface area contributed by atoms with Crippen LogP contribution < -0.4 is 5.32 Å².